The van der Waals surface area contributed by atoms with Crippen LogP contribution in [0.2, 0.25) is 0 Å². The van der Waals surface area contributed by atoms with Crippen LogP contribution in [0.25, 0.3) is 0 Å². The Balaban J connectivity index is 1.95. The van der Waals surface area contributed by atoms with Crippen molar-refractivity contribution in [2.45, 2.75) is 134 Å². The molecule has 3 aliphatic carbocycles. The fourth-order valence-corrected chi connectivity index (χ4v) is 7.81. The average Bonchev–Trinajstić information content (AvgIpc) is 3.21. The Bertz CT molecular complexity index is 1140. The highest BCUT2D eigenvalue weighted by molar-refractivity contribution is 5.39. The Morgan fingerprint density at radius 2 is 1.63 bits per heavy atom. The molecule has 3 rings (SSSR count). The number of aliphatic hydroxyl groups is 3. The standard InChI is InChI=1S/C33H45F7O3/c1-21-23(19-24(41)20-26(21)34)11-10-22-9-6-17-30(5)25(22)12-13-27(30)29(4,15-7-14-28(2,3)42)16-8-18-31(43,32(35,36)37)33(38,39)40/h10-11,24-27,41-43H,1,6-7,9,12-17,19-20H2,2-5H3/t24-,25?,26+,27?,29?,30+/m1/s1. The van der Waals surface area contributed by atoms with Crippen LogP contribution >= 0.6 is 0 Å². The van der Waals surface area contributed by atoms with E-state index in [1.807, 2.05) is 19.1 Å². The molecule has 0 heterocycles. The number of fused-ring (bicyclic) bond motifs is 1. The molecule has 0 amide bonds. The van der Waals surface area contributed by atoms with E-state index < -0.39 is 41.2 Å². The van der Waals surface area contributed by atoms with Crippen LogP contribution in [0.5, 0.6) is 0 Å². The lowest BCUT2D eigenvalue weighted by Gasteiger charge is -2.49. The maximum absolute atomic E-state index is 14.3. The summed E-state index contributed by atoms with van der Waals surface area (Å²) in [6, 6.07) is 0. The van der Waals surface area contributed by atoms with Crippen LogP contribution < -0.4 is 0 Å². The van der Waals surface area contributed by atoms with Crippen molar-refractivity contribution in [2.24, 2.45) is 22.7 Å². The highest BCUT2D eigenvalue weighted by Gasteiger charge is 2.70. The molecule has 0 radical (unpaired) electrons. The van der Waals surface area contributed by atoms with Crippen molar-refractivity contribution in [3.05, 3.63) is 35.5 Å². The molecule has 244 valence electrons. The van der Waals surface area contributed by atoms with Gasteiger partial charge in [0.2, 0.25) is 0 Å². The third kappa shape index (κ3) is 7.70. The molecule has 3 unspecified atom stereocenters. The van der Waals surface area contributed by atoms with Gasteiger partial charge in [-0.15, -0.1) is 0 Å². The molecule has 3 aliphatic rings. The van der Waals surface area contributed by atoms with E-state index in [2.05, 4.69) is 19.4 Å². The van der Waals surface area contributed by atoms with Crippen LogP contribution in [0.3, 0.4) is 0 Å². The van der Waals surface area contributed by atoms with Crippen LogP contribution in [-0.4, -0.2) is 51.1 Å². The molecular weight excluding hydrogens is 577 g/mol. The van der Waals surface area contributed by atoms with Crippen molar-refractivity contribution >= 4 is 0 Å². The predicted octanol–water partition coefficient (Wildman–Crippen LogP) is 8.30. The first-order valence-electron chi connectivity index (χ1n) is 15.0. The fourth-order valence-electron chi connectivity index (χ4n) is 7.81. The molecule has 0 aromatic heterocycles. The van der Waals surface area contributed by atoms with Crippen LogP contribution in [0, 0.1) is 34.5 Å². The topological polar surface area (TPSA) is 60.7 Å². The SMILES string of the molecule is C=C1C(=CC=C2CCC[C@@]3(C)C2CCC3C(C)(CC#CC(O)(C(F)(F)F)C(F)(F)F)CCCC(C)(C)O)C[C@@H](O)C[C@@H]1F. The maximum Gasteiger partial charge on any atom is 0.438 e. The zero-order chi connectivity index (χ0) is 32.6. The van der Waals surface area contributed by atoms with Crippen molar-refractivity contribution in [3.63, 3.8) is 0 Å². The first-order valence-corrected chi connectivity index (χ1v) is 15.0. The summed E-state index contributed by atoms with van der Waals surface area (Å²) < 4.78 is 94.1. The van der Waals surface area contributed by atoms with Crippen molar-refractivity contribution in [1.29, 1.82) is 0 Å². The summed E-state index contributed by atoms with van der Waals surface area (Å²) in [4.78, 5) is 0. The highest BCUT2D eigenvalue weighted by Crippen LogP contribution is 2.63. The Morgan fingerprint density at radius 1 is 1.00 bits per heavy atom. The second kappa shape index (κ2) is 12.5. The molecular formula is C33H45F7O3. The van der Waals surface area contributed by atoms with Gasteiger partial charge in [-0.25, -0.2) is 4.39 Å². The first-order chi connectivity index (χ1) is 19.5. The zero-order valence-corrected chi connectivity index (χ0v) is 25.4. The van der Waals surface area contributed by atoms with E-state index in [4.69, 9.17) is 0 Å². The molecule has 43 heavy (non-hydrogen) atoms. The molecule has 0 aliphatic heterocycles. The summed E-state index contributed by atoms with van der Waals surface area (Å²) in [5, 5.41) is 29.9. The van der Waals surface area contributed by atoms with Gasteiger partial charge >= 0.3 is 18.0 Å². The molecule has 6 atom stereocenters. The number of rotatable bonds is 7. The van der Waals surface area contributed by atoms with E-state index in [-0.39, 0.29) is 30.1 Å². The largest absolute Gasteiger partial charge is 0.438 e. The lowest BCUT2D eigenvalue weighted by atomic mass is 9.55. The van der Waals surface area contributed by atoms with Gasteiger partial charge < -0.3 is 15.3 Å². The quantitative estimate of drug-likeness (QED) is 0.198. The van der Waals surface area contributed by atoms with Gasteiger partial charge in [0.15, 0.2) is 0 Å². The second-order valence-electron chi connectivity index (χ2n) is 14.1. The Hall–Kier alpha value is -1.83. The number of alkyl halides is 7. The minimum Gasteiger partial charge on any atom is -0.393 e. The van der Waals surface area contributed by atoms with E-state index in [9.17, 15) is 46.1 Å². The van der Waals surface area contributed by atoms with Gasteiger partial charge in [0, 0.05) is 12.8 Å². The molecule has 3 saturated carbocycles. The monoisotopic (exact) mass is 622 g/mol. The van der Waals surface area contributed by atoms with Gasteiger partial charge in [-0.1, -0.05) is 50.5 Å². The molecule has 3 N–H and O–H groups in total. The summed E-state index contributed by atoms with van der Waals surface area (Å²) in [5.74, 6) is 3.28. The Labute approximate surface area is 250 Å². The third-order valence-electron chi connectivity index (χ3n) is 10.1. The minimum absolute atomic E-state index is 0.0212. The third-order valence-corrected chi connectivity index (χ3v) is 10.1. The van der Waals surface area contributed by atoms with Crippen LogP contribution in [-0.2, 0) is 0 Å². The van der Waals surface area contributed by atoms with Gasteiger partial charge in [0.05, 0.1) is 11.7 Å². The Morgan fingerprint density at radius 3 is 2.21 bits per heavy atom. The van der Waals surface area contributed by atoms with E-state index >= 15 is 0 Å². The van der Waals surface area contributed by atoms with Crippen molar-refractivity contribution in [1.82, 2.24) is 0 Å². The summed E-state index contributed by atoms with van der Waals surface area (Å²) in [5.41, 5.74) is -5.05. The molecule has 0 bridgehead atoms. The predicted molar refractivity (Wildman–Crippen MR) is 151 cm³/mol. The lowest BCUT2D eigenvalue weighted by molar-refractivity contribution is -0.343. The molecule has 0 spiro atoms. The average molecular weight is 623 g/mol. The summed E-state index contributed by atoms with van der Waals surface area (Å²) in [6.07, 6.45) is -5.02. The normalized spacial score (nSPS) is 32.4. The van der Waals surface area contributed by atoms with Crippen molar-refractivity contribution in [3.8, 4) is 11.8 Å². The van der Waals surface area contributed by atoms with Gasteiger partial charge in [-0.05, 0) is 105 Å². The van der Waals surface area contributed by atoms with Crippen molar-refractivity contribution in [2.75, 3.05) is 0 Å². The van der Waals surface area contributed by atoms with E-state index in [1.165, 1.54) is 0 Å². The molecule has 3 fully saturated rings. The van der Waals surface area contributed by atoms with Gasteiger partial charge in [-0.3, -0.25) is 0 Å². The smallest absolute Gasteiger partial charge is 0.393 e. The number of aliphatic hydroxyl groups excluding tert-OH is 1. The van der Waals surface area contributed by atoms with Crippen LogP contribution in [0.4, 0.5) is 30.7 Å². The number of hydrogen-bond donors (Lipinski definition) is 3. The molecule has 0 aromatic rings. The maximum atomic E-state index is 14.3. The summed E-state index contributed by atoms with van der Waals surface area (Å²) in [7, 11) is 0. The minimum atomic E-state index is -6.01. The molecule has 10 heteroatoms. The van der Waals surface area contributed by atoms with E-state index in [0.717, 1.165) is 37.2 Å². The van der Waals surface area contributed by atoms with Crippen LogP contribution in [0.15, 0.2) is 35.5 Å². The van der Waals surface area contributed by atoms with Crippen LogP contribution in [0.1, 0.15) is 98.3 Å². The second-order valence-corrected chi connectivity index (χ2v) is 14.1. The molecule has 0 saturated heterocycles. The van der Waals surface area contributed by atoms with E-state index in [1.54, 1.807) is 13.8 Å². The number of allylic oxidation sites excluding steroid dienone is 4. The highest BCUT2D eigenvalue weighted by atomic mass is 19.4. The lowest BCUT2D eigenvalue weighted by Crippen LogP contribution is -2.55. The van der Waals surface area contributed by atoms with Crippen molar-refractivity contribution < 1.29 is 46.1 Å². The molecule has 0 aromatic carbocycles. The van der Waals surface area contributed by atoms with Gasteiger partial charge in [0.1, 0.15) is 6.17 Å². The Kier molecular flexibility index (Phi) is 10.4. The summed E-state index contributed by atoms with van der Waals surface area (Å²) in [6.45, 7) is 11.1. The molecule has 3 nitrogen and oxygen atoms in total. The van der Waals surface area contributed by atoms with E-state index in [0.29, 0.717) is 43.3 Å². The van der Waals surface area contributed by atoms with Gasteiger partial charge in [0.25, 0.3) is 0 Å². The summed E-state index contributed by atoms with van der Waals surface area (Å²) >= 11 is 0. The number of hydrogen-bond acceptors (Lipinski definition) is 3. The number of halogens is 7. The van der Waals surface area contributed by atoms with Gasteiger partial charge in [-0.2, -0.15) is 26.3 Å². The zero-order valence-electron chi connectivity index (χ0n) is 25.4. The fraction of sp³-hybridized carbons (Fsp3) is 0.758. The first kappa shape index (κ1) is 35.6.